The monoisotopic (exact) mass is 462 g/mol. The molecule has 0 heterocycles. The van der Waals surface area contributed by atoms with Crippen molar-refractivity contribution in [2.75, 3.05) is 19.5 Å². The molecule has 0 aromatic heterocycles. The number of urea groups is 1. The molecule has 0 aliphatic rings. The van der Waals surface area contributed by atoms with E-state index < -0.39 is 23.6 Å². The van der Waals surface area contributed by atoms with Crippen molar-refractivity contribution in [1.82, 2.24) is 4.90 Å². The van der Waals surface area contributed by atoms with Gasteiger partial charge in [0.2, 0.25) is 0 Å². The van der Waals surface area contributed by atoms with Crippen LogP contribution in [0.4, 0.5) is 28.0 Å². The lowest BCUT2D eigenvalue weighted by Gasteiger charge is -2.24. The Bertz CT molecular complexity index is 1100. The van der Waals surface area contributed by atoms with Crippen LogP contribution < -0.4 is 14.8 Å². The van der Waals surface area contributed by atoms with Gasteiger partial charge >= 0.3 is 12.2 Å². The second-order valence-electron chi connectivity index (χ2n) is 7.18. The summed E-state index contributed by atoms with van der Waals surface area (Å²) in [6, 6.07) is 14.5. The van der Waals surface area contributed by atoms with Crippen molar-refractivity contribution in [2.24, 2.45) is 0 Å². The van der Waals surface area contributed by atoms with E-state index in [4.69, 9.17) is 9.47 Å². The van der Waals surface area contributed by atoms with Gasteiger partial charge in [0.05, 0.1) is 19.8 Å². The molecule has 0 saturated heterocycles. The number of benzene rings is 3. The normalized spacial score (nSPS) is 11.1. The van der Waals surface area contributed by atoms with Gasteiger partial charge in [-0.05, 0) is 53.6 Å². The first-order chi connectivity index (χ1) is 15.7. The number of anilines is 1. The highest BCUT2D eigenvalue weighted by atomic mass is 19.4. The maximum absolute atomic E-state index is 13.3. The molecular formula is C24H22F4N2O3. The predicted octanol–water partition coefficient (Wildman–Crippen LogP) is 6.10. The first-order valence-corrected chi connectivity index (χ1v) is 9.88. The molecule has 0 fully saturated rings. The molecule has 3 aromatic rings. The van der Waals surface area contributed by atoms with Crippen LogP contribution in [0.25, 0.3) is 0 Å². The third-order valence-electron chi connectivity index (χ3n) is 4.84. The molecule has 0 radical (unpaired) electrons. The molecule has 0 spiro atoms. The van der Waals surface area contributed by atoms with E-state index in [0.717, 1.165) is 12.1 Å². The number of methoxy groups -OCH3 is 2. The molecule has 33 heavy (non-hydrogen) atoms. The molecule has 0 aliphatic heterocycles. The molecule has 0 aliphatic carbocycles. The third-order valence-corrected chi connectivity index (χ3v) is 4.84. The van der Waals surface area contributed by atoms with Crippen LogP contribution in [0.3, 0.4) is 0 Å². The topological polar surface area (TPSA) is 50.8 Å². The summed E-state index contributed by atoms with van der Waals surface area (Å²) in [6.07, 6.45) is -4.53. The lowest BCUT2D eigenvalue weighted by molar-refractivity contribution is -0.137. The van der Waals surface area contributed by atoms with Gasteiger partial charge in [0.1, 0.15) is 5.82 Å². The molecular weight excluding hydrogens is 440 g/mol. The first kappa shape index (κ1) is 23.9. The largest absolute Gasteiger partial charge is 0.493 e. The van der Waals surface area contributed by atoms with Crippen LogP contribution in [-0.2, 0) is 19.3 Å². The number of halogens is 4. The minimum atomic E-state index is -4.53. The predicted molar refractivity (Wildman–Crippen MR) is 116 cm³/mol. The summed E-state index contributed by atoms with van der Waals surface area (Å²) in [5.74, 6) is 0.563. The van der Waals surface area contributed by atoms with Crippen molar-refractivity contribution in [2.45, 2.75) is 19.3 Å². The number of ether oxygens (including phenoxy) is 2. The highest BCUT2D eigenvalue weighted by Crippen LogP contribution is 2.31. The number of carbonyl (C=O) groups excluding carboxylic acids is 1. The average molecular weight is 462 g/mol. The summed E-state index contributed by atoms with van der Waals surface area (Å²) in [4.78, 5) is 14.4. The van der Waals surface area contributed by atoms with Crippen LogP contribution in [0.2, 0.25) is 0 Å². The summed E-state index contributed by atoms with van der Waals surface area (Å²) >= 11 is 0. The zero-order valence-corrected chi connectivity index (χ0v) is 17.9. The number of rotatable bonds is 7. The van der Waals surface area contributed by atoms with Gasteiger partial charge in [-0.3, -0.25) is 0 Å². The van der Waals surface area contributed by atoms with Gasteiger partial charge in [0.25, 0.3) is 0 Å². The van der Waals surface area contributed by atoms with E-state index in [-0.39, 0.29) is 18.8 Å². The molecule has 2 amide bonds. The van der Waals surface area contributed by atoms with Crippen molar-refractivity contribution in [3.8, 4) is 11.5 Å². The van der Waals surface area contributed by atoms with E-state index in [2.05, 4.69) is 5.32 Å². The quantitative estimate of drug-likeness (QED) is 0.432. The summed E-state index contributed by atoms with van der Waals surface area (Å²) in [6.45, 7) is 0.210. The van der Waals surface area contributed by atoms with Crippen molar-refractivity contribution >= 4 is 11.7 Å². The molecule has 1 N–H and O–H groups in total. The molecule has 174 valence electrons. The number of nitrogens with zero attached hydrogens (tertiary/aromatic N) is 1. The number of hydrogen-bond acceptors (Lipinski definition) is 3. The van der Waals surface area contributed by atoms with Crippen LogP contribution in [-0.4, -0.2) is 25.2 Å². The van der Waals surface area contributed by atoms with Crippen LogP contribution in [0.1, 0.15) is 16.7 Å². The van der Waals surface area contributed by atoms with Crippen molar-refractivity contribution in [3.63, 3.8) is 0 Å². The zero-order valence-electron chi connectivity index (χ0n) is 17.9. The fourth-order valence-corrected chi connectivity index (χ4v) is 3.18. The van der Waals surface area contributed by atoms with Crippen LogP contribution in [0.15, 0.2) is 66.7 Å². The SMILES string of the molecule is COc1ccc(CN(Cc2ccc(F)cc2)C(=O)Nc2cccc(C(F)(F)F)c2)cc1OC. The van der Waals surface area contributed by atoms with Crippen molar-refractivity contribution < 1.29 is 31.8 Å². The second-order valence-corrected chi connectivity index (χ2v) is 7.18. The fraction of sp³-hybridized carbons (Fsp3) is 0.208. The molecule has 9 heteroatoms. The van der Waals surface area contributed by atoms with E-state index in [1.807, 2.05) is 0 Å². The Morgan fingerprint density at radius 3 is 2.15 bits per heavy atom. The lowest BCUT2D eigenvalue weighted by atomic mass is 10.1. The maximum Gasteiger partial charge on any atom is 0.416 e. The molecule has 0 atom stereocenters. The Balaban J connectivity index is 1.86. The number of alkyl halides is 3. The number of carbonyl (C=O) groups is 1. The van der Waals surface area contributed by atoms with Gasteiger partial charge in [0.15, 0.2) is 11.5 Å². The Morgan fingerprint density at radius 2 is 1.52 bits per heavy atom. The van der Waals surface area contributed by atoms with E-state index in [9.17, 15) is 22.4 Å². The van der Waals surface area contributed by atoms with E-state index in [1.54, 1.807) is 18.2 Å². The summed E-state index contributed by atoms with van der Waals surface area (Å²) < 4.78 is 62.9. The minimum absolute atomic E-state index is 0.00578. The fourth-order valence-electron chi connectivity index (χ4n) is 3.18. The van der Waals surface area contributed by atoms with Gasteiger partial charge < -0.3 is 19.7 Å². The first-order valence-electron chi connectivity index (χ1n) is 9.88. The van der Waals surface area contributed by atoms with E-state index >= 15 is 0 Å². The smallest absolute Gasteiger partial charge is 0.416 e. The lowest BCUT2D eigenvalue weighted by Crippen LogP contribution is -2.34. The minimum Gasteiger partial charge on any atom is -0.493 e. The standard InChI is InChI=1S/C24H22F4N2O3/c1-32-21-11-8-17(12-22(21)33-2)15-30(14-16-6-9-19(25)10-7-16)23(31)29-20-5-3-4-18(13-20)24(26,27)28/h3-13H,14-15H2,1-2H3,(H,29,31). The number of hydrogen-bond donors (Lipinski definition) is 1. The Kier molecular flexibility index (Phi) is 7.42. The molecule has 3 rings (SSSR count). The summed E-state index contributed by atoms with van der Waals surface area (Å²) in [7, 11) is 2.99. The van der Waals surface area contributed by atoms with E-state index in [1.165, 1.54) is 55.5 Å². The zero-order chi connectivity index (χ0) is 24.0. The van der Waals surface area contributed by atoms with E-state index in [0.29, 0.717) is 22.6 Å². The molecule has 0 bridgehead atoms. The maximum atomic E-state index is 13.3. The van der Waals surface area contributed by atoms with Gasteiger partial charge in [0, 0.05) is 18.8 Å². The Labute approximate surface area is 188 Å². The third kappa shape index (κ3) is 6.38. The van der Waals surface area contributed by atoms with Crippen LogP contribution >= 0.6 is 0 Å². The average Bonchev–Trinajstić information content (AvgIpc) is 2.79. The van der Waals surface area contributed by atoms with Crippen molar-refractivity contribution in [3.05, 3.63) is 89.2 Å². The molecule has 5 nitrogen and oxygen atoms in total. The Morgan fingerprint density at radius 1 is 0.879 bits per heavy atom. The highest BCUT2D eigenvalue weighted by Gasteiger charge is 2.30. The number of amides is 2. The molecule has 0 unspecified atom stereocenters. The molecule has 0 saturated carbocycles. The van der Waals surface area contributed by atoms with Gasteiger partial charge in [-0.1, -0.05) is 24.3 Å². The second kappa shape index (κ2) is 10.2. The van der Waals surface area contributed by atoms with Crippen molar-refractivity contribution in [1.29, 1.82) is 0 Å². The molecule has 3 aromatic carbocycles. The summed E-state index contributed by atoms with van der Waals surface area (Å²) in [5.41, 5.74) is 0.488. The van der Waals surface area contributed by atoms with Crippen LogP contribution in [0.5, 0.6) is 11.5 Å². The van der Waals surface area contributed by atoms with Gasteiger partial charge in [-0.25, -0.2) is 9.18 Å². The Hall–Kier alpha value is -3.75. The summed E-state index contributed by atoms with van der Waals surface area (Å²) in [5, 5.41) is 2.51. The van der Waals surface area contributed by atoms with Crippen LogP contribution in [0, 0.1) is 5.82 Å². The van der Waals surface area contributed by atoms with Gasteiger partial charge in [-0.2, -0.15) is 13.2 Å². The van der Waals surface area contributed by atoms with Gasteiger partial charge in [-0.15, -0.1) is 0 Å². The number of nitrogens with one attached hydrogen (secondary N) is 1. The highest BCUT2D eigenvalue weighted by molar-refractivity contribution is 5.89.